The Kier molecular flexibility index (Phi) is 5.27. The number of nitrogens with zero attached hydrogens (tertiary/aromatic N) is 1. The minimum atomic E-state index is -1.00. The summed E-state index contributed by atoms with van der Waals surface area (Å²) in [4.78, 5) is 23.6. The van der Waals surface area contributed by atoms with Crippen molar-refractivity contribution in [3.63, 3.8) is 0 Å². The topological polar surface area (TPSA) is 69.6 Å². The molecule has 0 aromatic rings. The largest absolute Gasteiger partial charge is 0.480 e. The van der Waals surface area contributed by atoms with Gasteiger partial charge in [-0.1, -0.05) is 20.8 Å². The first kappa shape index (κ1) is 14.7. The van der Waals surface area contributed by atoms with Gasteiger partial charge in [0.25, 0.3) is 0 Å². The highest BCUT2D eigenvalue weighted by atomic mass is 16.4. The van der Waals surface area contributed by atoms with E-state index in [0.717, 1.165) is 0 Å². The van der Waals surface area contributed by atoms with Gasteiger partial charge in [-0.2, -0.15) is 0 Å². The number of hydrogen-bond donors (Lipinski definition) is 2. The molecule has 94 valence electrons. The lowest BCUT2D eigenvalue weighted by molar-refractivity contribution is -0.138. The van der Waals surface area contributed by atoms with E-state index in [1.807, 2.05) is 20.8 Å². The van der Waals surface area contributed by atoms with Gasteiger partial charge in [-0.05, 0) is 19.3 Å². The van der Waals surface area contributed by atoms with Gasteiger partial charge < -0.3 is 15.3 Å². The first-order valence-electron chi connectivity index (χ1n) is 5.40. The lowest BCUT2D eigenvalue weighted by Crippen LogP contribution is -2.48. The van der Waals surface area contributed by atoms with Gasteiger partial charge in [0.1, 0.15) is 6.54 Å². The lowest BCUT2D eigenvalue weighted by atomic mass is 9.97. The average Bonchev–Trinajstić information content (AvgIpc) is 2.08. The number of carboxylic acid groups (broad SMARTS) is 1. The van der Waals surface area contributed by atoms with E-state index in [9.17, 15) is 9.59 Å². The van der Waals surface area contributed by atoms with Gasteiger partial charge in [-0.25, -0.2) is 4.79 Å². The van der Waals surface area contributed by atoms with Crippen molar-refractivity contribution in [1.82, 2.24) is 10.2 Å². The maximum atomic E-state index is 11.7. The van der Waals surface area contributed by atoms with Crippen molar-refractivity contribution in [2.75, 3.05) is 13.1 Å². The molecule has 16 heavy (non-hydrogen) atoms. The van der Waals surface area contributed by atoms with Gasteiger partial charge in [0.05, 0.1) is 0 Å². The summed E-state index contributed by atoms with van der Waals surface area (Å²) in [6, 6.07) is -0.455. The number of aliphatic carboxylic acids is 1. The van der Waals surface area contributed by atoms with E-state index in [0.29, 0.717) is 6.54 Å². The minimum Gasteiger partial charge on any atom is -0.480 e. The van der Waals surface area contributed by atoms with Crippen molar-refractivity contribution in [3.8, 4) is 0 Å². The number of hydrogen-bond acceptors (Lipinski definition) is 2. The highest BCUT2D eigenvalue weighted by Gasteiger charge is 2.21. The van der Waals surface area contributed by atoms with Gasteiger partial charge in [-0.3, -0.25) is 4.79 Å². The zero-order valence-electron chi connectivity index (χ0n) is 10.7. The van der Waals surface area contributed by atoms with Gasteiger partial charge in [0, 0.05) is 12.6 Å². The fourth-order valence-electron chi connectivity index (χ4n) is 1.08. The van der Waals surface area contributed by atoms with Crippen molar-refractivity contribution in [2.24, 2.45) is 5.41 Å². The van der Waals surface area contributed by atoms with E-state index in [1.165, 1.54) is 4.90 Å². The van der Waals surface area contributed by atoms with E-state index < -0.39 is 5.97 Å². The summed E-state index contributed by atoms with van der Waals surface area (Å²) >= 11 is 0. The molecule has 0 rings (SSSR count). The van der Waals surface area contributed by atoms with Crippen LogP contribution in [0.15, 0.2) is 0 Å². The molecule has 2 amide bonds. The molecule has 0 aromatic carbocycles. The summed E-state index contributed by atoms with van der Waals surface area (Å²) in [5.41, 5.74) is -0.0124. The molecule has 5 nitrogen and oxygen atoms in total. The molecule has 0 bridgehead atoms. The molecule has 0 saturated heterocycles. The molecule has 0 aromatic heterocycles. The van der Waals surface area contributed by atoms with Crippen molar-refractivity contribution in [3.05, 3.63) is 0 Å². The number of nitrogens with one attached hydrogen (secondary N) is 1. The van der Waals surface area contributed by atoms with Crippen LogP contribution < -0.4 is 5.32 Å². The molecule has 0 saturated carbocycles. The first-order chi connectivity index (χ1) is 7.13. The zero-order valence-corrected chi connectivity index (χ0v) is 10.7. The third-order valence-corrected chi connectivity index (χ3v) is 1.96. The maximum Gasteiger partial charge on any atom is 0.323 e. The fraction of sp³-hybridized carbons (Fsp3) is 0.818. The van der Waals surface area contributed by atoms with E-state index in [1.54, 1.807) is 13.8 Å². The summed E-state index contributed by atoms with van der Waals surface area (Å²) in [6.07, 6.45) is 0. The first-order valence-corrected chi connectivity index (χ1v) is 5.40. The summed E-state index contributed by atoms with van der Waals surface area (Å²) in [5.74, 6) is -1.00. The molecule has 0 spiro atoms. The standard InChI is InChI=1S/C11H22N2O3/c1-8(2)13(6-9(14)15)10(16)12-7-11(3,4)5/h8H,6-7H2,1-5H3,(H,12,16)(H,14,15). The van der Waals surface area contributed by atoms with Gasteiger partial charge in [-0.15, -0.1) is 0 Å². The third kappa shape index (κ3) is 6.27. The number of carboxylic acids is 1. The van der Waals surface area contributed by atoms with Gasteiger partial charge in [0.2, 0.25) is 0 Å². The van der Waals surface area contributed by atoms with Crippen LogP contribution in [-0.2, 0) is 4.79 Å². The van der Waals surface area contributed by atoms with Crippen LogP contribution in [-0.4, -0.2) is 41.1 Å². The predicted molar refractivity (Wildman–Crippen MR) is 62.3 cm³/mol. The summed E-state index contributed by atoms with van der Waals surface area (Å²) in [7, 11) is 0. The number of rotatable bonds is 4. The molecule has 0 aliphatic carbocycles. The van der Waals surface area contributed by atoms with E-state index >= 15 is 0 Å². The van der Waals surface area contributed by atoms with Crippen molar-refractivity contribution >= 4 is 12.0 Å². The SMILES string of the molecule is CC(C)N(CC(=O)O)C(=O)NCC(C)(C)C. The maximum absolute atomic E-state index is 11.7. The Bertz CT molecular complexity index is 256. The van der Waals surface area contributed by atoms with Gasteiger partial charge in [0.15, 0.2) is 0 Å². The molecule has 0 radical (unpaired) electrons. The second-order valence-electron chi connectivity index (χ2n) is 5.33. The highest BCUT2D eigenvalue weighted by Crippen LogP contribution is 2.10. The zero-order chi connectivity index (χ0) is 12.9. The highest BCUT2D eigenvalue weighted by molar-refractivity contribution is 5.80. The number of urea groups is 1. The minimum absolute atomic E-state index is 0.0124. The second-order valence-corrected chi connectivity index (χ2v) is 5.33. The van der Waals surface area contributed by atoms with Crippen LogP contribution in [0.1, 0.15) is 34.6 Å². The van der Waals surface area contributed by atoms with Crippen LogP contribution in [0.5, 0.6) is 0 Å². The van der Waals surface area contributed by atoms with Crippen LogP contribution in [0, 0.1) is 5.41 Å². The molecule has 0 atom stereocenters. The van der Waals surface area contributed by atoms with Crippen LogP contribution >= 0.6 is 0 Å². The van der Waals surface area contributed by atoms with Crippen molar-refractivity contribution in [2.45, 2.75) is 40.7 Å². The van der Waals surface area contributed by atoms with Crippen molar-refractivity contribution < 1.29 is 14.7 Å². The van der Waals surface area contributed by atoms with E-state index in [2.05, 4.69) is 5.32 Å². The van der Waals surface area contributed by atoms with E-state index in [-0.39, 0.29) is 24.0 Å². The normalized spacial score (nSPS) is 11.4. The molecule has 2 N–H and O–H groups in total. The second kappa shape index (κ2) is 5.72. The van der Waals surface area contributed by atoms with Crippen LogP contribution in [0.3, 0.4) is 0 Å². The smallest absolute Gasteiger partial charge is 0.323 e. The summed E-state index contributed by atoms with van der Waals surface area (Å²) < 4.78 is 0. The molecule has 0 fully saturated rings. The molecule has 0 aliphatic rings. The molecule has 0 heterocycles. The molecule has 0 unspecified atom stereocenters. The monoisotopic (exact) mass is 230 g/mol. The Morgan fingerprint density at radius 3 is 2.12 bits per heavy atom. The Morgan fingerprint density at radius 2 is 1.81 bits per heavy atom. The number of carbonyl (C=O) groups is 2. The fourth-order valence-corrected chi connectivity index (χ4v) is 1.08. The number of amides is 2. The lowest BCUT2D eigenvalue weighted by Gasteiger charge is -2.27. The van der Waals surface area contributed by atoms with Gasteiger partial charge >= 0.3 is 12.0 Å². The average molecular weight is 230 g/mol. The molecular weight excluding hydrogens is 208 g/mol. The molecule has 5 heteroatoms. The van der Waals surface area contributed by atoms with Crippen molar-refractivity contribution in [1.29, 1.82) is 0 Å². The van der Waals surface area contributed by atoms with Crippen LogP contribution in [0.4, 0.5) is 4.79 Å². The Balaban J connectivity index is 4.34. The van der Waals surface area contributed by atoms with Crippen LogP contribution in [0.25, 0.3) is 0 Å². The summed E-state index contributed by atoms with van der Waals surface area (Å²) in [5, 5.41) is 11.4. The van der Waals surface area contributed by atoms with Crippen LogP contribution in [0.2, 0.25) is 0 Å². The molecular formula is C11H22N2O3. The predicted octanol–water partition coefficient (Wildman–Crippen LogP) is 1.54. The third-order valence-electron chi connectivity index (χ3n) is 1.96. The quantitative estimate of drug-likeness (QED) is 0.769. The molecule has 0 aliphatic heterocycles. The summed E-state index contributed by atoms with van der Waals surface area (Å²) in [6.45, 7) is 9.85. The van der Waals surface area contributed by atoms with E-state index in [4.69, 9.17) is 5.11 Å². The number of carbonyl (C=O) groups excluding carboxylic acids is 1. The Labute approximate surface area is 96.8 Å². The Hall–Kier alpha value is -1.26. The Morgan fingerprint density at radius 1 is 1.31 bits per heavy atom.